The number of nitrogens with one attached hydrogen (secondary N) is 1. The van der Waals surface area contributed by atoms with Crippen LogP contribution in [0, 0.1) is 0 Å². The van der Waals surface area contributed by atoms with Crippen molar-refractivity contribution in [3.05, 3.63) is 66.2 Å². The fourth-order valence-corrected chi connectivity index (χ4v) is 5.38. The maximum Gasteiger partial charge on any atom is 0.265 e. The van der Waals surface area contributed by atoms with Gasteiger partial charge in [0.1, 0.15) is 6.54 Å². The van der Waals surface area contributed by atoms with Gasteiger partial charge in [0.05, 0.1) is 10.6 Å². The molecule has 4 rings (SSSR count). The zero-order chi connectivity index (χ0) is 19.9. The summed E-state index contributed by atoms with van der Waals surface area (Å²) >= 11 is 0. The van der Waals surface area contributed by atoms with E-state index in [1.165, 1.54) is 4.31 Å². The lowest BCUT2D eigenvalue weighted by atomic mass is 9.97. The average Bonchev–Trinajstić information content (AvgIpc) is 2.91. The van der Waals surface area contributed by atoms with Crippen LogP contribution in [0.5, 0.6) is 0 Å². The van der Waals surface area contributed by atoms with E-state index in [-0.39, 0.29) is 17.3 Å². The fourth-order valence-electron chi connectivity index (χ4n) is 3.71. The Morgan fingerprint density at radius 1 is 1.04 bits per heavy atom. The molecule has 6 heteroatoms. The highest BCUT2D eigenvalue weighted by atomic mass is 32.2. The molecule has 1 heterocycles. The van der Waals surface area contributed by atoms with Gasteiger partial charge in [-0.05, 0) is 41.5 Å². The summed E-state index contributed by atoms with van der Waals surface area (Å²) in [6.45, 7) is 3.94. The molecule has 3 aromatic carbocycles. The molecule has 0 saturated heterocycles. The van der Waals surface area contributed by atoms with Gasteiger partial charge in [-0.3, -0.25) is 9.10 Å². The van der Waals surface area contributed by atoms with Gasteiger partial charge in [0.25, 0.3) is 10.0 Å². The molecule has 0 aromatic heterocycles. The monoisotopic (exact) mass is 394 g/mol. The molecular formula is C22H22N2O3S. The Labute approximate surface area is 165 Å². The van der Waals surface area contributed by atoms with E-state index in [4.69, 9.17) is 0 Å². The van der Waals surface area contributed by atoms with Gasteiger partial charge in [0, 0.05) is 11.1 Å². The Bertz CT molecular complexity index is 1170. The molecule has 3 aromatic rings. The molecule has 0 bridgehead atoms. The first-order chi connectivity index (χ1) is 13.4. The van der Waals surface area contributed by atoms with Gasteiger partial charge in [0.15, 0.2) is 0 Å². The van der Waals surface area contributed by atoms with Crippen molar-refractivity contribution in [3.63, 3.8) is 0 Å². The summed E-state index contributed by atoms with van der Waals surface area (Å²) in [5.41, 5.74) is 2.33. The summed E-state index contributed by atoms with van der Waals surface area (Å²) in [7, 11) is -3.74. The first-order valence-electron chi connectivity index (χ1n) is 9.36. The summed E-state index contributed by atoms with van der Waals surface area (Å²) in [5, 5.41) is 4.43. The number of benzene rings is 3. The van der Waals surface area contributed by atoms with E-state index in [9.17, 15) is 13.2 Å². The van der Waals surface area contributed by atoms with Gasteiger partial charge in [-0.15, -0.1) is 0 Å². The molecule has 144 valence electrons. The van der Waals surface area contributed by atoms with Gasteiger partial charge < -0.3 is 5.32 Å². The molecule has 28 heavy (non-hydrogen) atoms. The minimum Gasteiger partial charge on any atom is -0.324 e. The summed E-state index contributed by atoms with van der Waals surface area (Å²) in [6, 6.07) is 18.3. The van der Waals surface area contributed by atoms with E-state index < -0.39 is 10.0 Å². The molecule has 5 nitrogen and oxygen atoms in total. The highest BCUT2D eigenvalue weighted by Gasteiger charge is 2.36. The average molecular weight is 394 g/mol. The number of rotatable bonds is 5. The van der Waals surface area contributed by atoms with Gasteiger partial charge in [0.2, 0.25) is 5.91 Å². The highest BCUT2D eigenvalue weighted by Crippen LogP contribution is 2.41. The van der Waals surface area contributed by atoms with E-state index in [0.717, 1.165) is 23.1 Å². The lowest BCUT2D eigenvalue weighted by Gasteiger charge is -2.20. The Morgan fingerprint density at radius 3 is 2.50 bits per heavy atom. The van der Waals surface area contributed by atoms with Crippen molar-refractivity contribution in [2.24, 2.45) is 0 Å². The molecule has 0 fully saturated rings. The summed E-state index contributed by atoms with van der Waals surface area (Å²) < 4.78 is 27.2. The molecule has 1 amide bonds. The molecule has 0 unspecified atom stereocenters. The second kappa shape index (κ2) is 6.95. The van der Waals surface area contributed by atoms with E-state index in [1.807, 2.05) is 42.5 Å². The number of hydrogen-bond acceptors (Lipinski definition) is 3. The first kappa shape index (κ1) is 18.5. The third-order valence-corrected chi connectivity index (χ3v) is 7.15. The Morgan fingerprint density at radius 2 is 1.75 bits per heavy atom. The summed E-state index contributed by atoms with van der Waals surface area (Å²) in [6.07, 6.45) is 0.949. The van der Waals surface area contributed by atoms with Crippen LogP contribution in [0.1, 0.15) is 31.7 Å². The van der Waals surface area contributed by atoms with Gasteiger partial charge in [-0.25, -0.2) is 8.42 Å². The Hall–Kier alpha value is -2.86. The van der Waals surface area contributed by atoms with Crippen molar-refractivity contribution < 1.29 is 13.2 Å². The maximum absolute atomic E-state index is 13.0. The fraction of sp³-hybridized carbons (Fsp3) is 0.227. The van der Waals surface area contributed by atoms with Gasteiger partial charge >= 0.3 is 0 Å². The predicted octanol–water partition coefficient (Wildman–Crippen LogP) is 4.50. The second-order valence-corrected chi connectivity index (χ2v) is 8.92. The number of amides is 1. The van der Waals surface area contributed by atoms with E-state index in [2.05, 4.69) is 19.2 Å². The van der Waals surface area contributed by atoms with Crippen molar-refractivity contribution in [1.82, 2.24) is 0 Å². The molecule has 1 N–H and O–H groups in total. The summed E-state index contributed by atoms with van der Waals surface area (Å²) in [5.74, 6) is -0.0610. The number of nitrogens with zero attached hydrogens (tertiary/aromatic N) is 1. The van der Waals surface area contributed by atoms with Crippen LogP contribution in [0.4, 0.5) is 11.4 Å². The predicted molar refractivity (Wildman–Crippen MR) is 112 cm³/mol. The number of sulfonamides is 1. The maximum atomic E-state index is 13.0. The zero-order valence-corrected chi connectivity index (χ0v) is 16.7. The molecule has 0 radical (unpaired) electrons. The zero-order valence-electron chi connectivity index (χ0n) is 15.8. The lowest BCUT2D eigenvalue weighted by molar-refractivity contribution is -0.114. The topological polar surface area (TPSA) is 66.5 Å². The number of para-hydroxylation sites is 1. The summed E-state index contributed by atoms with van der Waals surface area (Å²) in [4.78, 5) is 13.0. The van der Waals surface area contributed by atoms with Crippen LogP contribution in [0.15, 0.2) is 65.6 Å². The van der Waals surface area contributed by atoms with Crippen molar-refractivity contribution >= 4 is 38.1 Å². The van der Waals surface area contributed by atoms with Crippen LogP contribution < -0.4 is 9.62 Å². The number of hydrogen-bond donors (Lipinski definition) is 1. The highest BCUT2D eigenvalue weighted by molar-refractivity contribution is 7.93. The minimum atomic E-state index is -3.74. The standard InChI is InChI=1S/C22H22N2O3S/c1-3-15(2)17-10-4-5-11-18(17)23-21(25)14-24-19-12-6-8-16-9-7-13-20(22(16)19)28(24,26)27/h4-13,15H,3,14H2,1-2H3,(H,23,25)/t15-/m0/s1. The van der Waals surface area contributed by atoms with Crippen molar-refractivity contribution in [2.45, 2.75) is 31.1 Å². The third kappa shape index (κ3) is 2.94. The number of anilines is 2. The van der Waals surface area contributed by atoms with E-state index >= 15 is 0 Å². The van der Waals surface area contributed by atoms with Crippen LogP contribution >= 0.6 is 0 Å². The van der Waals surface area contributed by atoms with Crippen molar-refractivity contribution in [3.8, 4) is 0 Å². The van der Waals surface area contributed by atoms with E-state index in [0.29, 0.717) is 17.0 Å². The van der Waals surface area contributed by atoms with Crippen LogP contribution in [0.25, 0.3) is 10.8 Å². The first-order valence-corrected chi connectivity index (χ1v) is 10.8. The van der Waals surface area contributed by atoms with Gasteiger partial charge in [-0.1, -0.05) is 56.3 Å². The quantitative estimate of drug-likeness (QED) is 0.693. The van der Waals surface area contributed by atoms with Crippen LogP contribution in [-0.4, -0.2) is 20.9 Å². The second-order valence-electron chi connectivity index (χ2n) is 7.09. The van der Waals surface area contributed by atoms with E-state index in [1.54, 1.807) is 18.2 Å². The van der Waals surface area contributed by atoms with Gasteiger partial charge in [-0.2, -0.15) is 0 Å². The van der Waals surface area contributed by atoms with Crippen molar-refractivity contribution in [2.75, 3.05) is 16.2 Å². The van der Waals surface area contributed by atoms with Crippen LogP contribution in [0.2, 0.25) is 0 Å². The molecule has 1 aliphatic rings. The number of carbonyl (C=O) groups is 1. The molecule has 1 atom stereocenters. The Kier molecular flexibility index (Phi) is 4.59. The third-order valence-electron chi connectivity index (χ3n) is 5.35. The molecular weight excluding hydrogens is 372 g/mol. The largest absolute Gasteiger partial charge is 0.324 e. The molecule has 0 aliphatic carbocycles. The normalized spacial score (nSPS) is 15.6. The van der Waals surface area contributed by atoms with Crippen LogP contribution in [0.3, 0.4) is 0 Å². The van der Waals surface area contributed by atoms with Crippen molar-refractivity contribution in [1.29, 1.82) is 0 Å². The SMILES string of the molecule is CC[C@H](C)c1ccccc1NC(=O)CN1c2cccc3cccc(c23)S1(=O)=O. The lowest BCUT2D eigenvalue weighted by Crippen LogP contribution is -2.35. The molecule has 0 saturated carbocycles. The Balaban J connectivity index is 1.64. The van der Waals surface area contributed by atoms with Crippen LogP contribution in [-0.2, 0) is 14.8 Å². The number of carbonyl (C=O) groups excluding carboxylic acids is 1. The smallest absolute Gasteiger partial charge is 0.265 e. The minimum absolute atomic E-state index is 0.258. The molecule has 1 aliphatic heterocycles. The molecule has 0 spiro atoms.